The van der Waals surface area contributed by atoms with Crippen LogP contribution < -0.4 is 14.8 Å². The van der Waals surface area contributed by atoms with Crippen LogP contribution in [0.25, 0.3) is 0 Å². The van der Waals surface area contributed by atoms with Gasteiger partial charge in [0.05, 0.1) is 11.1 Å². The molecular formula is C19H21BrClNO3. The van der Waals surface area contributed by atoms with E-state index in [-0.39, 0.29) is 12.5 Å². The number of hydrogen-bond acceptors (Lipinski definition) is 3. The van der Waals surface area contributed by atoms with Crippen LogP contribution in [0.5, 0.6) is 11.5 Å². The van der Waals surface area contributed by atoms with Gasteiger partial charge in [-0.25, -0.2) is 0 Å². The van der Waals surface area contributed by atoms with E-state index < -0.39 is 0 Å². The number of carbonyl (C=O) groups is 1. The molecule has 0 radical (unpaired) electrons. The third-order valence-corrected chi connectivity index (χ3v) is 4.26. The number of halogens is 2. The summed E-state index contributed by atoms with van der Waals surface area (Å²) in [7, 11) is 0. The van der Waals surface area contributed by atoms with Crippen LogP contribution in [0.4, 0.5) is 5.69 Å². The van der Waals surface area contributed by atoms with E-state index >= 15 is 0 Å². The number of nitrogens with one attached hydrogen (secondary N) is 1. The molecule has 0 bridgehead atoms. The summed E-state index contributed by atoms with van der Waals surface area (Å²) in [5.74, 6) is 1.13. The van der Waals surface area contributed by atoms with Crippen molar-refractivity contribution in [2.75, 3.05) is 18.5 Å². The molecule has 0 aliphatic carbocycles. The first-order valence-corrected chi connectivity index (χ1v) is 9.36. The van der Waals surface area contributed by atoms with E-state index in [0.717, 1.165) is 18.6 Å². The Labute approximate surface area is 161 Å². The second-order valence-electron chi connectivity index (χ2n) is 5.49. The monoisotopic (exact) mass is 425 g/mol. The largest absolute Gasteiger partial charge is 0.494 e. The fourth-order valence-corrected chi connectivity index (χ4v) is 2.91. The third kappa shape index (κ3) is 6.96. The zero-order valence-electron chi connectivity index (χ0n) is 14.1. The maximum absolute atomic E-state index is 12.0. The second kappa shape index (κ2) is 10.3. The minimum absolute atomic E-state index is 0.0878. The van der Waals surface area contributed by atoms with Crippen LogP contribution in [0.2, 0.25) is 5.02 Å². The van der Waals surface area contributed by atoms with Gasteiger partial charge in [-0.3, -0.25) is 4.79 Å². The van der Waals surface area contributed by atoms with Gasteiger partial charge in [-0.05, 0) is 64.8 Å². The van der Waals surface area contributed by atoms with Gasteiger partial charge in [-0.1, -0.05) is 31.4 Å². The van der Waals surface area contributed by atoms with Crippen molar-refractivity contribution in [1.29, 1.82) is 0 Å². The minimum atomic E-state index is -0.238. The van der Waals surface area contributed by atoms with E-state index in [1.165, 1.54) is 6.42 Å². The molecule has 2 aromatic carbocycles. The van der Waals surface area contributed by atoms with Crippen molar-refractivity contribution in [2.24, 2.45) is 0 Å². The molecule has 0 spiro atoms. The average Bonchev–Trinajstić information content (AvgIpc) is 2.59. The summed E-state index contributed by atoms with van der Waals surface area (Å²) < 4.78 is 11.8. The molecular weight excluding hydrogens is 406 g/mol. The van der Waals surface area contributed by atoms with E-state index in [1.807, 2.05) is 24.3 Å². The lowest BCUT2D eigenvalue weighted by Gasteiger charge is -2.10. The molecule has 2 rings (SSSR count). The Kier molecular flexibility index (Phi) is 8.09. The standard InChI is InChI=1S/C19H21BrClNO3/c1-2-3-4-11-24-16-8-6-15(7-9-16)22-19(23)13-25-18-10-5-14(21)12-17(18)20/h5-10,12H,2-4,11,13H2,1H3,(H,22,23). The molecule has 0 aromatic heterocycles. The topological polar surface area (TPSA) is 47.6 Å². The lowest BCUT2D eigenvalue weighted by molar-refractivity contribution is -0.118. The highest BCUT2D eigenvalue weighted by molar-refractivity contribution is 9.10. The zero-order chi connectivity index (χ0) is 18.1. The molecule has 6 heteroatoms. The lowest BCUT2D eigenvalue weighted by atomic mass is 10.2. The first kappa shape index (κ1) is 19.6. The quantitative estimate of drug-likeness (QED) is 0.524. The normalized spacial score (nSPS) is 10.4. The van der Waals surface area contributed by atoms with E-state index in [9.17, 15) is 4.79 Å². The predicted molar refractivity (Wildman–Crippen MR) is 105 cm³/mol. The van der Waals surface area contributed by atoms with Gasteiger partial charge in [0.2, 0.25) is 0 Å². The Hall–Kier alpha value is -1.72. The number of ether oxygens (including phenoxy) is 2. The molecule has 0 aliphatic rings. The van der Waals surface area contributed by atoms with Gasteiger partial charge in [0.15, 0.2) is 6.61 Å². The Morgan fingerprint density at radius 1 is 1.12 bits per heavy atom. The van der Waals surface area contributed by atoms with Crippen molar-refractivity contribution in [3.63, 3.8) is 0 Å². The fourth-order valence-electron chi connectivity index (χ4n) is 2.11. The highest BCUT2D eigenvalue weighted by Crippen LogP contribution is 2.27. The Balaban J connectivity index is 1.78. The molecule has 1 amide bonds. The lowest BCUT2D eigenvalue weighted by Crippen LogP contribution is -2.20. The first-order valence-electron chi connectivity index (χ1n) is 8.19. The molecule has 0 heterocycles. The van der Waals surface area contributed by atoms with Crippen LogP contribution in [0, 0.1) is 0 Å². The summed E-state index contributed by atoms with van der Waals surface area (Å²) in [5.41, 5.74) is 0.699. The number of hydrogen-bond donors (Lipinski definition) is 1. The van der Waals surface area contributed by atoms with Crippen LogP contribution in [0.3, 0.4) is 0 Å². The SMILES string of the molecule is CCCCCOc1ccc(NC(=O)COc2ccc(Cl)cc2Br)cc1. The van der Waals surface area contributed by atoms with Crippen molar-refractivity contribution >= 4 is 39.1 Å². The van der Waals surface area contributed by atoms with Gasteiger partial charge < -0.3 is 14.8 Å². The van der Waals surface area contributed by atoms with Gasteiger partial charge >= 0.3 is 0 Å². The summed E-state index contributed by atoms with van der Waals surface area (Å²) in [4.78, 5) is 12.0. The number of benzene rings is 2. The summed E-state index contributed by atoms with van der Waals surface area (Å²) in [6, 6.07) is 12.4. The maximum atomic E-state index is 12.0. The number of carbonyl (C=O) groups excluding carboxylic acids is 1. The van der Waals surface area contributed by atoms with Crippen LogP contribution in [-0.2, 0) is 4.79 Å². The molecule has 2 aromatic rings. The van der Waals surface area contributed by atoms with Gasteiger partial charge in [-0.15, -0.1) is 0 Å². The van der Waals surface area contributed by atoms with Crippen molar-refractivity contribution in [3.8, 4) is 11.5 Å². The van der Waals surface area contributed by atoms with Crippen molar-refractivity contribution in [3.05, 3.63) is 52.0 Å². The number of anilines is 1. The number of unbranched alkanes of at least 4 members (excludes halogenated alkanes) is 2. The molecule has 0 saturated heterocycles. The molecule has 0 unspecified atom stereocenters. The van der Waals surface area contributed by atoms with E-state index in [4.69, 9.17) is 21.1 Å². The Morgan fingerprint density at radius 2 is 1.88 bits per heavy atom. The number of amides is 1. The Bertz CT molecular complexity index is 692. The maximum Gasteiger partial charge on any atom is 0.262 e. The first-order chi connectivity index (χ1) is 12.1. The van der Waals surface area contributed by atoms with Gasteiger partial charge in [0.1, 0.15) is 11.5 Å². The zero-order valence-corrected chi connectivity index (χ0v) is 16.4. The van der Waals surface area contributed by atoms with Crippen LogP contribution in [-0.4, -0.2) is 19.1 Å². The average molecular weight is 427 g/mol. The van der Waals surface area contributed by atoms with Crippen LogP contribution >= 0.6 is 27.5 Å². The molecule has 134 valence electrons. The summed E-state index contributed by atoms with van der Waals surface area (Å²) in [6.07, 6.45) is 3.38. The molecule has 0 fully saturated rings. The second-order valence-corrected chi connectivity index (χ2v) is 6.78. The molecule has 25 heavy (non-hydrogen) atoms. The van der Waals surface area contributed by atoms with E-state index in [1.54, 1.807) is 18.2 Å². The molecule has 0 saturated carbocycles. The van der Waals surface area contributed by atoms with E-state index in [2.05, 4.69) is 28.2 Å². The molecule has 0 atom stereocenters. The highest BCUT2D eigenvalue weighted by Gasteiger charge is 2.07. The summed E-state index contributed by atoms with van der Waals surface area (Å²) in [6.45, 7) is 2.78. The van der Waals surface area contributed by atoms with E-state index in [0.29, 0.717) is 27.5 Å². The Morgan fingerprint density at radius 3 is 2.56 bits per heavy atom. The van der Waals surface area contributed by atoms with Gasteiger partial charge in [0.25, 0.3) is 5.91 Å². The molecule has 4 nitrogen and oxygen atoms in total. The summed E-state index contributed by atoms with van der Waals surface area (Å²) >= 11 is 9.22. The number of rotatable bonds is 9. The molecule has 0 aliphatic heterocycles. The summed E-state index contributed by atoms with van der Waals surface area (Å²) in [5, 5.41) is 3.38. The smallest absolute Gasteiger partial charge is 0.262 e. The third-order valence-electron chi connectivity index (χ3n) is 3.41. The van der Waals surface area contributed by atoms with Crippen LogP contribution in [0.15, 0.2) is 46.9 Å². The van der Waals surface area contributed by atoms with Crippen molar-refractivity contribution in [2.45, 2.75) is 26.2 Å². The van der Waals surface area contributed by atoms with Gasteiger partial charge in [-0.2, -0.15) is 0 Å². The van der Waals surface area contributed by atoms with Gasteiger partial charge in [0, 0.05) is 10.7 Å². The molecule has 1 N–H and O–H groups in total. The van der Waals surface area contributed by atoms with Crippen LogP contribution in [0.1, 0.15) is 26.2 Å². The predicted octanol–water partition coefficient (Wildman–Crippen LogP) is 5.69. The van der Waals surface area contributed by atoms with Crippen molar-refractivity contribution < 1.29 is 14.3 Å². The minimum Gasteiger partial charge on any atom is -0.494 e. The van der Waals surface area contributed by atoms with Crippen molar-refractivity contribution in [1.82, 2.24) is 0 Å². The highest BCUT2D eigenvalue weighted by atomic mass is 79.9. The fraction of sp³-hybridized carbons (Fsp3) is 0.316.